The molecular weight excluding hydrogens is 622 g/mol. The number of rotatable bonds is 18. The smallest absolute Gasteiger partial charge is 0.331 e. The number of nitrogens with one attached hydrogen (secondary N) is 2. The number of carbonyl (C=O) groups is 3. The summed E-state index contributed by atoms with van der Waals surface area (Å²) in [7, 11) is 0. The largest absolute Gasteiger partial charge is 0.504 e. The molecule has 13 nitrogen and oxygen atoms in total. The van der Waals surface area contributed by atoms with E-state index in [-0.39, 0.29) is 18.7 Å². The molecule has 5 atom stereocenters. The van der Waals surface area contributed by atoms with Crippen LogP contribution < -0.4 is 21.1 Å². The topological polar surface area (TPSA) is 221 Å². The van der Waals surface area contributed by atoms with Crippen molar-refractivity contribution in [2.75, 3.05) is 18.5 Å². The van der Waals surface area contributed by atoms with Gasteiger partial charge < -0.3 is 51.4 Å². The van der Waals surface area contributed by atoms with Gasteiger partial charge in [0.25, 0.3) is 5.91 Å². The number of esters is 1. The van der Waals surface area contributed by atoms with Crippen molar-refractivity contribution in [3.63, 3.8) is 0 Å². The minimum absolute atomic E-state index is 0.158. The van der Waals surface area contributed by atoms with Crippen LogP contribution in [0.3, 0.4) is 0 Å². The maximum absolute atomic E-state index is 13.4. The first-order valence-corrected chi connectivity index (χ1v) is 16.5. The van der Waals surface area contributed by atoms with Crippen LogP contribution in [0.2, 0.25) is 0 Å². The van der Waals surface area contributed by atoms with Crippen LogP contribution in [0.1, 0.15) is 76.7 Å². The van der Waals surface area contributed by atoms with Gasteiger partial charge in [-0.1, -0.05) is 45.1 Å². The van der Waals surface area contributed by atoms with Crippen molar-refractivity contribution in [2.24, 2.45) is 5.73 Å². The Hall–Kier alpha value is -4.17. The zero-order valence-electron chi connectivity index (χ0n) is 27.3. The Balaban J connectivity index is 1.58. The maximum atomic E-state index is 13.4. The van der Waals surface area contributed by atoms with Crippen molar-refractivity contribution in [2.45, 2.75) is 101 Å². The standard InChI is InChI=1S/C35H49N3O10/c1-2-3-4-5-6-7-19-47-25-14-12-24(13-15-25)37-33(44)26(9-8-18-36)38-34(45)35(46)21-29(41)32(43)30(22-35)48-31(42)17-11-23-10-16-27(39)28(40)20-23/h10-17,20,26,29-30,32,39-41,43,46H,2-9,18-19,21-22,36H2,1H3,(H,37,44)(H,38,45)/b17-11+/t26?,29-,30-,32?,35+/m1/s1. The number of phenols is 2. The number of aromatic hydroxyl groups is 2. The summed E-state index contributed by atoms with van der Waals surface area (Å²) in [5.41, 5.74) is 4.20. The van der Waals surface area contributed by atoms with Crippen LogP contribution in [-0.4, -0.2) is 86.4 Å². The summed E-state index contributed by atoms with van der Waals surface area (Å²) in [6.45, 7) is 3.03. The predicted octanol–water partition coefficient (Wildman–Crippen LogP) is 2.87. The molecule has 0 heterocycles. The normalized spacial score (nSPS) is 21.4. The molecule has 2 aromatic carbocycles. The van der Waals surface area contributed by atoms with E-state index in [9.17, 15) is 39.9 Å². The predicted molar refractivity (Wildman–Crippen MR) is 179 cm³/mol. The third-order valence-electron chi connectivity index (χ3n) is 8.17. The van der Waals surface area contributed by atoms with Gasteiger partial charge in [-0.3, -0.25) is 9.59 Å². The number of carbonyl (C=O) groups excluding carboxylic acids is 3. The summed E-state index contributed by atoms with van der Waals surface area (Å²) in [6, 6.07) is 9.61. The first-order valence-electron chi connectivity index (χ1n) is 16.5. The highest BCUT2D eigenvalue weighted by molar-refractivity contribution is 5.98. The quantitative estimate of drug-likeness (QED) is 0.0498. The summed E-state index contributed by atoms with van der Waals surface area (Å²) in [4.78, 5) is 39.1. The van der Waals surface area contributed by atoms with Gasteiger partial charge in [0.05, 0.1) is 12.7 Å². The molecule has 1 aliphatic rings. The Bertz CT molecular complexity index is 1370. The van der Waals surface area contributed by atoms with E-state index in [0.717, 1.165) is 18.9 Å². The lowest BCUT2D eigenvalue weighted by atomic mass is 9.78. The lowest BCUT2D eigenvalue weighted by molar-refractivity contribution is -0.187. The molecule has 0 saturated heterocycles. The number of hydrogen-bond donors (Lipinski definition) is 8. The molecule has 2 amide bonds. The number of ether oxygens (including phenoxy) is 2. The molecule has 2 aromatic rings. The van der Waals surface area contributed by atoms with Crippen LogP contribution in [0, 0.1) is 0 Å². The molecule has 1 saturated carbocycles. The third kappa shape index (κ3) is 11.8. The fourth-order valence-electron chi connectivity index (χ4n) is 5.36. The number of nitrogens with two attached hydrogens (primary N) is 1. The van der Waals surface area contributed by atoms with Crippen LogP contribution in [0.5, 0.6) is 17.2 Å². The molecule has 264 valence electrons. The highest BCUT2D eigenvalue weighted by Crippen LogP contribution is 2.32. The van der Waals surface area contributed by atoms with Gasteiger partial charge >= 0.3 is 5.97 Å². The van der Waals surface area contributed by atoms with E-state index < -0.39 is 66.3 Å². The molecule has 48 heavy (non-hydrogen) atoms. The number of hydrogen-bond acceptors (Lipinski definition) is 11. The van der Waals surface area contributed by atoms with E-state index in [1.807, 2.05) is 0 Å². The van der Waals surface area contributed by atoms with Crippen molar-refractivity contribution in [3.05, 3.63) is 54.1 Å². The molecule has 1 fully saturated rings. The van der Waals surface area contributed by atoms with Crippen LogP contribution in [0.15, 0.2) is 48.5 Å². The van der Waals surface area contributed by atoms with Crippen LogP contribution >= 0.6 is 0 Å². The first-order chi connectivity index (χ1) is 22.9. The first kappa shape index (κ1) is 38.3. The maximum Gasteiger partial charge on any atom is 0.331 e. The second-order valence-electron chi connectivity index (χ2n) is 12.1. The monoisotopic (exact) mass is 671 g/mol. The molecule has 2 unspecified atom stereocenters. The molecule has 0 bridgehead atoms. The van der Waals surface area contributed by atoms with Crippen LogP contribution in [-0.2, 0) is 19.1 Å². The van der Waals surface area contributed by atoms with E-state index in [1.54, 1.807) is 24.3 Å². The molecule has 0 aliphatic heterocycles. The second-order valence-corrected chi connectivity index (χ2v) is 12.1. The Kier molecular flexibility index (Phi) is 15.1. The Morgan fingerprint density at radius 1 is 0.979 bits per heavy atom. The summed E-state index contributed by atoms with van der Waals surface area (Å²) in [6.07, 6.45) is 3.93. The molecule has 0 radical (unpaired) electrons. The van der Waals surface area contributed by atoms with Gasteiger partial charge in [0.2, 0.25) is 5.91 Å². The average molecular weight is 672 g/mol. The number of aliphatic hydroxyl groups is 3. The van der Waals surface area contributed by atoms with Crippen LogP contribution in [0.25, 0.3) is 6.08 Å². The molecule has 0 aromatic heterocycles. The van der Waals surface area contributed by atoms with E-state index >= 15 is 0 Å². The van der Waals surface area contributed by atoms with Gasteiger partial charge in [-0.25, -0.2) is 4.79 Å². The zero-order chi connectivity index (χ0) is 35.1. The minimum Gasteiger partial charge on any atom is -0.504 e. The summed E-state index contributed by atoms with van der Waals surface area (Å²) < 4.78 is 11.1. The van der Waals surface area contributed by atoms with E-state index in [2.05, 4.69) is 17.6 Å². The molecule has 3 rings (SSSR count). The second kappa shape index (κ2) is 19.0. The summed E-state index contributed by atoms with van der Waals surface area (Å²) >= 11 is 0. The van der Waals surface area contributed by atoms with Crippen molar-refractivity contribution in [1.82, 2.24) is 5.32 Å². The number of phenolic OH excluding ortho intramolecular Hbond substituents is 2. The number of benzene rings is 2. The van der Waals surface area contributed by atoms with Gasteiger partial charge in [-0.2, -0.15) is 0 Å². The van der Waals surface area contributed by atoms with Crippen molar-refractivity contribution < 1.29 is 49.4 Å². The number of aliphatic hydroxyl groups excluding tert-OH is 2. The van der Waals surface area contributed by atoms with E-state index in [0.29, 0.717) is 30.0 Å². The Labute approximate surface area is 280 Å². The molecule has 13 heteroatoms. The van der Waals surface area contributed by atoms with E-state index in [4.69, 9.17) is 15.2 Å². The molecular formula is C35H49N3O10. The zero-order valence-corrected chi connectivity index (χ0v) is 27.3. The van der Waals surface area contributed by atoms with Crippen molar-refractivity contribution in [1.29, 1.82) is 0 Å². The lowest BCUT2D eigenvalue weighted by Gasteiger charge is -2.41. The SMILES string of the molecule is CCCCCCCCOc1ccc(NC(=O)C(CCCN)NC(=O)[C@]2(O)C[C@@H](O)C(O)[C@H](OC(=O)/C=C/c3ccc(O)c(O)c3)C2)cc1. The third-order valence-corrected chi connectivity index (χ3v) is 8.17. The number of anilines is 1. The fourth-order valence-corrected chi connectivity index (χ4v) is 5.36. The number of unbranched alkanes of at least 4 members (excludes halogenated alkanes) is 5. The molecule has 1 aliphatic carbocycles. The minimum atomic E-state index is -2.29. The summed E-state index contributed by atoms with van der Waals surface area (Å²) in [5.74, 6) is -2.56. The highest BCUT2D eigenvalue weighted by atomic mass is 16.6. The van der Waals surface area contributed by atoms with Crippen molar-refractivity contribution in [3.8, 4) is 17.2 Å². The number of amides is 2. The molecule has 0 spiro atoms. The van der Waals surface area contributed by atoms with Gasteiger partial charge in [-0.15, -0.1) is 0 Å². The summed E-state index contributed by atoms with van der Waals surface area (Å²) in [5, 5.41) is 56.6. The van der Waals surface area contributed by atoms with Gasteiger partial charge in [0.15, 0.2) is 11.5 Å². The Morgan fingerprint density at radius 3 is 2.38 bits per heavy atom. The van der Waals surface area contributed by atoms with Gasteiger partial charge in [-0.05, 0) is 73.8 Å². The average Bonchev–Trinajstić information content (AvgIpc) is 3.06. The van der Waals surface area contributed by atoms with Crippen molar-refractivity contribution >= 4 is 29.5 Å². The van der Waals surface area contributed by atoms with E-state index in [1.165, 1.54) is 50.0 Å². The molecule has 9 N–H and O–H groups in total. The highest BCUT2D eigenvalue weighted by Gasteiger charge is 2.50. The van der Waals surface area contributed by atoms with Gasteiger partial charge in [0.1, 0.15) is 29.6 Å². The van der Waals surface area contributed by atoms with Crippen LogP contribution in [0.4, 0.5) is 5.69 Å². The fraction of sp³-hybridized carbons (Fsp3) is 0.514. The Morgan fingerprint density at radius 2 is 1.69 bits per heavy atom. The lowest BCUT2D eigenvalue weighted by Crippen LogP contribution is -2.61. The van der Waals surface area contributed by atoms with Gasteiger partial charge in [0, 0.05) is 24.6 Å².